The quantitative estimate of drug-likeness (QED) is 0.388. The van der Waals surface area contributed by atoms with E-state index in [9.17, 15) is 19.2 Å². The van der Waals surface area contributed by atoms with Crippen molar-refractivity contribution in [3.05, 3.63) is 74.6 Å². The van der Waals surface area contributed by atoms with Gasteiger partial charge in [-0.2, -0.15) is 4.99 Å². The van der Waals surface area contributed by atoms with Gasteiger partial charge in [-0.05, 0) is 68.9 Å². The van der Waals surface area contributed by atoms with Crippen molar-refractivity contribution in [3.8, 4) is 0 Å². The minimum Gasteiger partial charge on any atom is -0.466 e. The van der Waals surface area contributed by atoms with Crippen LogP contribution >= 0.6 is 35.0 Å². The summed E-state index contributed by atoms with van der Waals surface area (Å²) in [6, 6.07) is 10.4. The van der Waals surface area contributed by atoms with Gasteiger partial charge in [0.05, 0.1) is 33.9 Å². The zero-order valence-electron chi connectivity index (χ0n) is 19.1. The number of esters is 2. The van der Waals surface area contributed by atoms with Gasteiger partial charge in [0.25, 0.3) is 11.8 Å². The molecule has 1 aliphatic rings. The van der Waals surface area contributed by atoms with Crippen LogP contribution < -0.4 is 4.90 Å². The number of aliphatic imine (C=N–C) groups is 1. The van der Waals surface area contributed by atoms with Crippen LogP contribution in [-0.4, -0.2) is 41.6 Å². The zero-order chi connectivity index (χ0) is 25.9. The predicted molar refractivity (Wildman–Crippen MR) is 135 cm³/mol. The van der Waals surface area contributed by atoms with Crippen molar-refractivity contribution in [1.29, 1.82) is 0 Å². The number of anilines is 1. The highest BCUT2D eigenvalue weighted by atomic mass is 35.5. The highest BCUT2D eigenvalue weighted by molar-refractivity contribution is 8.19. The lowest BCUT2D eigenvalue weighted by molar-refractivity contribution is -0.135. The van der Waals surface area contributed by atoms with Gasteiger partial charge < -0.3 is 9.47 Å². The molecule has 182 valence electrons. The third-order valence-corrected chi connectivity index (χ3v) is 5.87. The summed E-state index contributed by atoms with van der Waals surface area (Å²) in [4.78, 5) is 55.6. The van der Waals surface area contributed by atoms with Gasteiger partial charge in [-0.25, -0.2) is 9.59 Å². The Hall–Kier alpha value is -3.14. The summed E-state index contributed by atoms with van der Waals surface area (Å²) in [5.41, 5.74) is -0.218. The summed E-state index contributed by atoms with van der Waals surface area (Å²) in [6.45, 7) is 5.20. The molecule has 1 saturated heterocycles. The Balaban J connectivity index is 2.06. The van der Waals surface area contributed by atoms with Crippen molar-refractivity contribution < 1.29 is 28.7 Å². The minimum absolute atomic E-state index is 0.0201. The van der Waals surface area contributed by atoms with Gasteiger partial charge in [0.1, 0.15) is 5.60 Å². The number of carbonyl (C=O) groups is 4. The van der Waals surface area contributed by atoms with E-state index in [1.54, 1.807) is 32.9 Å². The SMILES string of the molecule is COC(=O)C=C1SC(=NC(=O)c2ccc(Cl)cc2Cl)N(c2cccc(C(=O)OC(C)(C)C)c2)C1=O. The van der Waals surface area contributed by atoms with Gasteiger partial charge in [-0.15, -0.1) is 0 Å². The van der Waals surface area contributed by atoms with Crippen LogP contribution in [-0.2, 0) is 19.1 Å². The molecule has 35 heavy (non-hydrogen) atoms. The zero-order valence-corrected chi connectivity index (χ0v) is 21.5. The van der Waals surface area contributed by atoms with Crippen molar-refractivity contribution in [1.82, 2.24) is 0 Å². The molecule has 0 bridgehead atoms. The molecule has 0 spiro atoms. The van der Waals surface area contributed by atoms with Gasteiger partial charge in [0.2, 0.25) is 0 Å². The van der Waals surface area contributed by atoms with E-state index in [0.717, 1.165) is 22.7 Å². The number of amidine groups is 1. The maximum atomic E-state index is 13.2. The smallest absolute Gasteiger partial charge is 0.338 e. The third-order valence-electron chi connectivity index (χ3n) is 4.35. The number of rotatable bonds is 4. The topological polar surface area (TPSA) is 102 Å². The van der Waals surface area contributed by atoms with E-state index in [0.29, 0.717) is 5.02 Å². The Morgan fingerprint density at radius 2 is 1.80 bits per heavy atom. The summed E-state index contributed by atoms with van der Waals surface area (Å²) in [5, 5.41) is 0.390. The number of halogens is 2. The molecule has 11 heteroatoms. The molecule has 0 atom stereocenters. The van der Waals surface area contributed by atoms with Crippen molar-refractivity contribution in [2.24, 2.45) is 4.99 Å². The van der Waals surface area contributed by atoms with Crippen LogP contribution in [0.2, 0.25) is 10.0 Å². The van der Waals surface area contributed by atoms with Crippen molar-refractivity contribution in [3.63, 3.8) is 0 Å². The Labute approximate surface area is 215 Å². The molecule has 1 heterocycles. The Bertz CT molecular complexity index is 1280. The molecule has 1 aliphatic heterocycles. The van der Waals surface area contributed by atoms with Crippen molar-refractivity contribution >= 4 is 69.6 Å². The van der Waals surface area contributed by atoms with Crippen LogP contribution in [0.4, 0.5) is 5.69 Å². The molecule has 2 aromatic carbocycles. The van der Waals surface area contributed by atoms with Crippen LogP contribution in [0.5, 0.6) is 0 Å². The number of carbonyl (C=O) groups excluding carboxylic acids is 4. The molecule has 0 saturated carbocycles. The molecule has 3 rings (SSSR count). The second-order valence-electron chi connectivity index (χ2n) is 8.15. The Kier molecular flexibility index (Phi) is 8.04. The van der Waals surface area contributed by atoms with E-state index in [1.165, 1.54) is 37.4 Å². The first-order valence-electron chi connectivity index (χ1n) is 10.1. The van der Waals surface area contributed by atoms with Crippen LogP contribution in [0.1, 0.15) is 41.5 Å². The predicted octanol–water partition coefficient (Wildman–Crippen LogP) is 5.28. The molecule has 0 unspecified atom stereocenters. The van der Waals surface area contributed by atoms with Crippen LogP contribution in [0.15, 0.2) is 58.4 Å². The lowest BCUT2D eigenvalue weighted by atomic mass is 10.1. The van der Waals surface area contributed by atoms with Crippen molar-refractivity contribution in [2.75, 3.05) is 12.0 Å². The van der Waals surface area contributed by atoms with Gasteiger partial charge >= 0.3 is 11.9 Å². The largest absolute Gasteiger partial charge is 0.466 e. The molecular weight excluding hydrogens is 515 g/mol. The number of benzene rings is 2. The fourth-order valence-corrected chi connectivity index (χ4v) is 4.29. The average molecular weight is 535 g/mol. The number of hydrogen-bond donors (Lipinski definition) is 0. The number of thioether (sulfide) groups is 1. The third kappa shape index (κ3) is 6.50. The number of ether oxygens (including phenoxy) is 2. The number of hydrogen-bond acceptors (Lipinski definition) is 7. The molecule has 0 N–H and O–H groups in total. The van der Waals surface area contributed by atoms with E-state index in [-0.39, 0.29) is 31.9 Å². The molecule has 0 aromatic heterocycles. The summed E-state index contributed by atoms with van der Waals surface area (Å²) in [5.74, 6) is -2.70. The highest BCUT2D eigenvalue weighted by Crippen LogP contribution is 2.36. The lowest BCUT2D eigenvalue weighted by Crippen LogP contribution is -2.30. The Morgan fingerprint density at radius 1 is 1.09 bits per heavy atom. The summed E-state index contributed by atoms with van der Waals surface area (Å²) in [7, 11) is 1.17. The van der Waals surface area contributed by atoms with E-state index in [1.807, 2.05) is 0 Å². The van der Waals surface area contributed by atoms with Gasteiger partial charge in [0.15, 0.2) is 5.17 Å². The molecule has 8 nitrogen and oxygen atoms in total. The summed E-state index contributed by atoms with van der Waals surface area (Å²) < 4.78 is 10.0. The maximum Gasteiger partial charge on any atom is 0.338 e. The lowest BCUT2D eigenvalue weighted by Gasteiger charge is -2.20. The summed E-state index contributed by atoms with van der Waals surface area (Å²) >= 11 is 12.8. The molecule has 2 amide bonds. The van der Waals surface area contributed by atoms with Crippen LogP contribution in [0, 0.1) is 0 Å². The number of methoxy groups -OCH3 is 1. The molecule has 0 aliphatic carbocycles. The van der Waals surface area contributed by atoms with Crippen LogP contribution in [0.25, 0.3) is 0 Å². The fraction of sp³-hybridized carbons (Fsp3) is 0.208. The van der Waals surface area contributed by atoms with E-state index in [2.05, 4.69) is 9.73 Å². The maximum absolute atomic E-state index is 13.2. The number of amides is 2. The average Bonchev–Trinajstić information content (AvgIpc) is 3.06. The Morgan fingerprint density at radius 3 is 2.43 bits per heavy atom. The van der Waals surface area contributed by atoms with E-state index >= 15 is 0 Å². The second-order valence-corrected chi connectivity index (χ2v) is 10.0. The van der Waals surface area contributed by atoms with Gasteiger partial charge in [-0.3, -0.25) is 14.5 Å². The first kappa shape index (κ1) is 26.5. The number of nitrogens with zero attached hydrogens (tertiary/aromatic N) is 2. The normalized spacial score (nSPS) is 16.1. The van der Waals surface area contributed by atoms with Gasteiger partial charge in [-0.1, -0.05) is 29.3 Å². The first-order chi connectivity index (χ1) is 16.4. The molecule has 1 fully saturated rings. The second kappa shape index (κ2) is 10.6. The van der Waals surface area contributed by atoms with Gasteiger partial charge in [0, 0.05) is 11.1 Å². The molecular formula is C24H20Cl2N2O6S. The summed E-state index contributed by atoms with van der Waals surface area (Å²) in [6.07, 6.45) is 1.000. The fourth-order valence-electron chi connectivity index (χ4n) is 2.86. The van der Waals surface area contributed by atoms with Crippen LogP contribution in [0.3, 0.4) is 0 Å². The van der Waals surface area contributed by atoms with Crippen molar-refractivity contribution in [2.45, 2.75) is 26.4 Å². The highest BCUT2D eigenvalue weighted by Gasteiger charge is 2.36. The molecule has 0 radical (unpaired) electrons. The molecule has 2 aromatic rings. The van der Waals surface area contributed by atoms with E-state index < -0.39 is 29.4 Å². The minimum atomic E-state index is -0.753. The van der Waals surface area contributed by atoms with E-state index in [4.69, 9.17) is 27.9 Å². The monoisotopic (exact) mass is 534 g/mol. The first-order valence-corrected chi connectivity index (χ1v) is 11.7. The standard InChI is InChI=1S/C24H20Cl2N2O6S/c1-24(2,3)34-22(32)13-6-5-7-15(10-13)28-21(31)18(12-19(29)33-4)35-23(28)27-20(30)16-9-8-14(25)11-17(16)26/h5-12H,1-4H3.